The molecule has 84 heavy (non-hydrogen) atoms. The van der Waals surface area contributed by atoms with E-state index in [0.29, 0.717) is 103 Å². The van der Waals surface area contributed by atoms with E-state index in [9.17, 15) is 9.59 Å². The molecule has 0 fully saturated rings. The number of hydrogen-bond donors (Lipinski definition) is 0. The van der Waals surface area contributed by atoms with Gasteiger partial charge in [0.15, 0.2) is 0 Å². The maximum atomic E-state index is 12.3. The number of amidine groups is 1. The number of oxime groups is 1. The van der Waals surface area contributed by atoms with Gasteiger partial charge in [0.1, 0.15) is 12.4 Å². The summed E-state index contributed by atoms with van der Waals surface area (Å²) in [6, 6.07) is 7.03. The number of carbonyl (C=O) groups excluding carboxylic acids is 2. The van der Waals surface area contributed by atoms with Crippen LogP contribution in [0.25, 0.3) is 0 Å². The Labute approximate surface area is 528 Å². The van der Waals surface area contributed by atoms with Crippen molar-refractivity contribution in [1.82, 2.24) is 39.4 Å². The predicted octanol–water partition coefficient (Wildman–Crippen LogP) is 16.7. The van der Waals surface area contributed by atoms with Gasteiger partial charge in [-0.05, 0) is 212 Å². The quantitative estimate of drug-likeness (QED) is 0.0382. The minimum atomic E-state index is -0.117. The highest BCUT2D eigenvalue weighted by Crippen LogP contribution is 2.19. The number of nitrogens with zero attached hydrogens (tertiary/aromatic N) is 10. The molecular weight excluding hydrogens is 1040 g/mol. The second-order valence-electron chi connectivity index (χ2n) is 29.5. The van der Waals surface area contributed by atoms with Gasteiger partial charge < -0.3 is 9.74 Å². The Hall–Kier alpha value is -2.32. The normalized spacial score (nSPS) is 12.6. The van der Waals surface area contributed by atoms with Crippen molar-refractivity contribution < 1.29 is 14.4 Å². The van der Waals surface area contributed by atoms with Crippen LogP contribution in [0.5, 0.6) is 0 Å². The van der Waals surface area contributed by atoms with Crippen LogP contribution in [0.3, 0.4) is 0 Å². The van der Waals surface area contributed by atoms with Gasteiger partial charge in [-0.15, -0.1) is 0 Å². The molecular formula is C71H154N10O3. The molecule has 0 aliphatic rings. The van der Waals surface area contributed by atoms with E-state index in [0.717, 1.165) is 31.9 Å². The van der Waals surface area contributed by atoms with Gasteiger partial charge in [-0.2, -0.15) is 0 Å². The van der Waals surface area contributed by atoms with E-state index in [1.54, 1.807) is 10.0 Å². The van der Waals surface area contributed by atoms with Crippen molar-refractivity contribution in [2.75, 3.05) is 45.9 Å². The van der Waals surface area contributed by atoms with Crippen molar-refractivity contribution in [3.05, 3.63) is 0 Å². The van der Waals surface area contributed by atoms with Gasteiger partial charge in [0.05, 0.1) is 5.71 Å². The SMILES string of the molecule is CC(C)C(=O)N(C(C)C)N(C(=O)C(C)C)C(C)C.CC(C)CON=C(C(C)C)C(C)C.CC(C)N(CCN(C(C)C)C(C)C)C(C)C.CC(C)N(CCN(C(C)C)C(C)C)CCN(C(C)C)C(C)C.CC(C)N=C(C(C)C)N(C(C)C)C(C)C. The Bertz CT molecular complexity index is 1540. The second kappa shape index (κ2) is 47.7. The average Bonchev–Trinajstić information content (AvgIpc) is 3.31. The number of hydrogen-bond acceptors (Lipinski definition) is 10. The van der Waals surface area contributed by atoms with Crippen molar-refractivity contribution in [3.63, 3.8) is 0 Å². The minimum Gasteiger partial charge on any atom is -0.396 e. The summed E-state index contributed by atoms with van der Waals surface area (Å²) in [5, 5.41) is 7.40. The van der Waals surface area contributed by atoms with Crippen LogP contribution in [-0.2, 0) is 14.4 Å². The monoisotopic (exact) mass is 1200 g/mol. The van der Waals surface area contributed by atoms with Gasteiger partial charge >= 0.3 is 0 Å². The topological polar surface area (TPSA) is 94.0 Å². The van der Waals surface area contributed by atoms with Crippen LogP contribution in [0, 0.1) is 35.5 Å². The molecule has 506 valence electrons. The molecule has 0 atom stereocenters. The Morgan fingerprint density at radius 2 is 0.571 bits per heavy atom. The molecule has 0 N–H and O–H groups in total. The zero-order chi connectivity index (χ0) is 67.5. The van der Waals surface area contributed by atoms with Crippen molar-refractivity contribution in [3.8, 4) is 0 Å². The molecule has 0 aromatic heterocycles. The number of amides is 2. The molecule has 0 spiro atoms. The Kier molecular flexibility index (Phi) is 51.3. The molecule has 0 heterocycles. The number of hydrazine groups is 1. The molecule has 0 unspecified atom stereocenters. The van der Waals surface area contributed by atoms with Crippen LogP contribution in [0.4, 0.5) is 0 Å². The summed E-state index contributed by atoms with van der Waals surface area (Å²) in [7, 11) is 0. The van der Waals surface area contributed by atoms with E-state index in [1.807, 2.05) is 55.4 Å². The van der Waals surface area contributed by atoms with Gasteiger partial charge in [-0.3, -0.25) is 39.1 Å². The lowest BCUT2D eigenvalue weighted by Crippen LogP contribution is -2.57. The lowest BCUT2D eigenvalue weighted by Gasteiger charge is -2.42. The van der Waals surface area contributed by atoms with Crippen molar-refractivity contribution >= 4 is 23.4 Å². The fourth-order valence-electron chi connectivity index (χ4n) is 10.6. The average molecular weight is 1200 g/mol. The smallest absolute Gasteiger partial charge is 0.243 e. The summed E-state index contributed by atoms with van der Waals surface area (Å²) in [6.07, 6.45) is 0. The molecule has 13 nitrogen and oxygen atoms in total. The van der Waals surface area contributed by atoms with E-state index in [-0.39, 0.29) is 35.7 Å². The van der Waals surface area contributed by atoms with Crippen LogP contribution in [0.2, 0.25) is 0 Å². The first-order chi connectivity index (χ1) is 38.2. The second-order valence-corrected chi connectivity index (χ2v) is 29.5. The van der Waals surface area contributed by atoms with Crippen molar-refractivity contribution in [1.29, 1.82) is 0 Å². The number of aliphatic imine (C=N–C) groups is 1. The lowest BCUT2D eigenvalue weighted by molar-refractivity contribution is -0.176. The Morgan fingerprint density at radius 1 is 0.310 bits per heavy atom. The van der Waals surface area contributed by atoms with E-state index < -0.39 is 0 Å². The molecule has 13 heteroatoms. The summed E-state index contributed by atoms with van der Waals surface area (Å²) in [5.74, 6) is 3.00. The van der Waals surface area contributed by atoms with E-state index in [1.165, 1.54) is 18.9 Å². The first-order valence-electron chi connectivity index (χ1n) is 34.2. The summed E-state index contributed by atoms with van der Waals surface area (Å²) >= 11 is 0. The van der Waals surface area contributed by atoms with Gasteiger partial charge in [0.25, 0.3) is 0 Å². The van der Waals surface area contributed by atoms with Gasteiger partial charge in [0, 0.05) is 142 Å². The fourth-order valence-corrected chi connectivity index (χ4v) is 10.6. The molecule has 0 aromatic carbocycles. The number of carbonyl (C=O) groups is 2. The maximum absolute atomic E-state index is 12.3. The molecule has 0 radical (unpaired) electrons. The third kappa shape index (κ3) is 40.3. The van der Waals surface area contributed by atoms with Gasteiger partial charge in [-0.25, -0.2) is 10.0 Å². The van der Waals surface area contributed by atoms with E-state index >= 15 is 0 Å². The zero-order valence-electron chi connectivity index (χ0n) is 64.2. The highest BCUT2D eigenvalue weighted by atomic mass is 16.6. The molecule has 0 bridgehead atoms. The molecule has 0 aromatic rings. The molecule has 0 saturated heterocycles. The fraction of sp³-hybridized carbons (Fsp3) is 0.944. The van der Waals surface area contributed by atoms with Crippen molar-refractivity contribution in [2.24, 2.45) is 45.7 Å². The van der Waals surface area contributed by atoms with Crippen LogP contribution in [-0.4, -0.2) is 193 Å². The standard InChI is InChI=1S/C19H43N3.C14H28N2O2.C14H32N2.C13H28N2.C11H23NO/c1-15(2)20(11-13-21(16(3)4)17(5)6)12-14-22(18(7)8)19(9)10;1-9(2)13(17)15(11(5)6)16(12(7)8)14(18)10(3)4;1-11(2)15(12(3)4)9-10-16(13(5)6)14(7)8;1-9(2)13(14-10(3)4)15(11(5)6)12(7)8;1-8(2)7-13-12-11(9(3)4)10(5)6/h15-19H,11-14H2,1-10H3;9-12H,1-8H3;11-14H,9-10H2,1-8H3;9-12H,1-8H3;8-10H,7H2,1-6H3. The summed E-state index contributed by atoms with van der Waals surface area (Å²) < 4.78 is 0. The van der Waals surface area contributed by atoms with E-state index in [2.05, 4.69) is 256 Å². The van der Waals surface area contributed by atoms with Gasteiger partial charge in [-0.1, -0.05) is 88.2 Å². The van der Waals surface area contributed by atoms with Crippen LogP contribution in [0.1, 0.15) is 277 Å². The summed E-state index contributed by atoms with van der Waals surface area (Å²) in [6.45, 7) is 94.8. The molecule has 0 saturated carbocycles. The zero-order valence-corrected chi connectivity index (χ0v) is 64.2. The van der Waals surface area contributed by atoms with Crippen molar-refractivity contribution in [2.45, 2.75) is 362 Å². The lowest BCUT2D eigenvalue weighted by atomic mass is 9.98. The van der Waals surface area contributed by atoms with E-state index in [4.69, 9.17) is 9.83 Å². The maximum Gasteiger partial charge on any atom is 0.243 e. The van der Waals surface area contributed by atoms with Crippen LogP contribution >= 0.6 is 0 Å². The molecule has 2 amide bonds. The van der Waals surface area contributed by atoms with Crippen LogP contribution < -0.4 is 0 Å². The summed E-state index contributed by atoms with van der Waals surface area (Å²) in [4.78, 5) is 50.0. The highest BCUT2D eigenvalue weighted by Gasteiger charge is 2.33. The summed E-state index contributed by atoms with van der Waals surface area (Å²) in [5.41, 5.74) is 1.15. The third-order valence-electron chi connectivity index (χ3n) is 14.6. The minimum absolute atomic E-state index is 0.00676. The Balaban J connectivity index is -0.000000313. The third-order valence-corrected chi connectivity index (χ3v) is 14.6. The van der Waals surface area contributed by atoms with Gasteiger partial charge in [0.2, 0.25) is 11.8 Å². The molecule has 0 rings (SSSR count). The first kappa shape index (κ1) is 90.4. The predicted molar refractivity (Wildman–Crippen MR) is 376 cm³/mol. The molecule has 0 aliphatic heterocycles. The first-order valence-corrected chi connectivity index (χ1v) is 34.2. The highest BCUT2D eigenvalue weighted by molar-refractivity contribution is 5.87. The largest absolute Gasteiger partial charge is 0.396 e. The Morgan fingerprint density at radius 3 is 0.738 bits per heavy atom. The molecule has 0 aliphatic carbocycles. The number of rotatable bonds is 31. The van der Waals surface area contributed by atoms with Crippen LogP contribution in [0.15, 0.2) is 10.1 Å².